The zero-order chi connectivity index (χ0) is 13.9. The lowest BCUT2D eigenvalue weighted by atomic mass is 10.0. The maximum atomic E-state index is 8.93. The Bertz CT molecular complexity index is 507. The van der Waals surface area contributed by atoms with Gasteiger partial charge >= 0.3 is 0 Å². The molecule has 0 saturated carbocycles. The van der Waals surface area contributed by atoms with E-state index in [0.717, 1.165) is 16.7 Å². The molecule has 0 unspecified atom stereocenters. The fourth-order valence-corrected chi connectivity index (χ4v) is 1.80. The average molecular weight is 251 g/mol. The molecule has 0 radical (unpaired) electrons. The molecule has 19 heavy (non-hydrogen) atoms. The smallest absolute Gasteiger partial charge is 0.0998 e. The lowest BCUT2D eigenvalue weighted by Gasteiger charge is -2.02. The van der Waals surface area contributed by atoms with Gasteiger partial charge in [0.15, 0.2) is 0 Å². The third-order valence-corrected chi connectivity index (χ3v) is 2.84. The monoisotopic (exact) mass is 251 g/mol. The van der Waals surface area contributed by atoms with Crippen molar-refractivity contribution >= 4 is 0 Å². The molecule has 1 heteroatoms. The van der Waals surface area contributed by atoms with Gasteiger partial charge in [-0.2, -0.15) is 5.26 Å². The second-order valence-corrected chi connectivity index (χ2v) is 4.38. The molecule has 0 atom stereocenters. The maximum Gasteiger partial charge on any atom is 0.0998 e. The van der Waals surface area contributed by atoms with Gasteiger partial charge in [0, 0.05) is 0 Å². The van der Waals surface area contributed by atoms with Crippen LogP contribution in [0.2, 0.25) is 0 Å². The highest BCUT2D eigenvalue weighted by Gasteiger charge is 2.01. The van der Waals surface area contributed by atoms with E-state index in [0.29, 0.717) is 0 Å². The van der Waals surface area contributed by atoms with Gasteiger partial charge in [0.2, 0.25) is 0 Å². The third-order valence-electron chi connectivity index (χ3n) is 2.84. The Morgan fingerprint density at radius 1 is 0.842 bits per heavy atom. The van der Waals surface area contributed by atoms with E-state index in [1.165, 1.54) is 19.3 Å². The summed E-state index contributed by atoms with van der Waals surface area (Å²) in [4.78, 5) is 0. The Morgan fingerprint density at radius 3 is 1.95 bits per heavy atom. The number of nitriles is 1. The van der Waals surface area contributed by atoms with Crippen molar-refractivity contribution in [3.8, 4) is 17.2 Å². The zero-order valence-electron chi connectivity index (χ0n) is 11.8. The summed E-state index contributed by atoms with van der Waals surface area (Å²) in [5.41, 5.74) is 2.80. The molecule has 2 aromatic rings. The molecule has 0 saturated heterocycles. The van der Waals surface area contributed by atoms with Crippen molar-refractivity contribution in [2.75, 3.05) is 0 Å². The SMILES string of the molecule is CCCCC.N#Cc1ccccc1-c1ccccc1. The summed E-state index contributed by atoms with van der Waals surface area (Å²) in [6.45, 7) is 4.42. The van der Waals surface area contributed by atoms with Gasteiger partial charge in [-0.25, -0.2) is 0 Å². The number of benzene rings is 2. The molecule has 2 rings (SSSR count). The summed E-state index contributed by atoms with van der Waals surface area (Å²) < 4.78 is 0. The molecule has 1 nitrogen and oxygen atoms in total. The fourth-order valence-electron chi connectivity index (χ4n) is 1.80. The van der Waals surface area contributed by atoms with Crippen molar-refractivity contribution in [2.24, 2.45) is 0 Å². The van der Waals surface area contributed by atoms with E-state index < -0.39 is 0 Å². The predicted octanol–water partition coefficient (Wildman–Crippen LogP) is 5.42. The van der Waals surface area contributed by atoms with Crippen molar-refractivity contribution in [2.45, 2.75) is 33.1 Å². The van der Waals surface area contributed by atoms with Gasteiger partial charge in [-0.1, -0.05) is 81.6 Å². The van der Waals surface area contributed by atoms with Crippen molar-refractivity contribution in [1.82, 2.24) is 0 Å². The molecular weight excluding hydrogens is 230 g/mol. The van der Waals surface area contributed by atoms with Crippen molar-refractivity contribution in [1.29, 1.82) is 5.26 Å². The van der Waals surface area contributed by atoms with E-state index in [4.69, 9.17) is 5.26 Å². The molecule has 2 aromatic carbocycles. The molecule has 0 heterocycles. The van der Waals surface area contributed by atoms with Crippen molar-refractivity contribution in [3.05, 3.63) is 60.2 Å². The highest BCUT2D eigenvalue weighted by molar-refractivity contribution is 5.70. The Labute approximate surface area is 116 Å². The first-order valence-electron chi connectivity index (χ1n) is 6.88. The number of rotatable bonds is 3. The minimum atomic E-state index is 0.721. The normalized spacial score (nSPS) is 9.11. The van der Waals surface area contributed by atoms with Gasteiger partial charge in [-0.3, -0.25) is 0 Å². The largest absolute Gasteiger partial charge is 0.192 e. The highest BCUT2D eigenvalue weighted by Crippen LogP contribution is 2.22. The minimum absolute atomic E-state index is 0.721. The van der Waals surface area contributed by atoms with Crippen LogP contribution in [-0.2, 0) is 0 Å². The average Bonchev–Trinajstić information content (AvgIpc) is 2.49. The number of hydrogen-bond donors (Lipinski definition) is 0. The van der Waals surface area contributed by atoms with Crippen LogP contribution in [0.5, 0.6) is 0 Å². The first kappa shape index (κ1) is 15.0. The first-order valence-corrected chi connectivity index (χ1v) is 6.88. The van der Waals surface area contributed by atoms with Crippen LogP contribution < -0.4 is 0 Å². The molecule has 0 aliphatic heterocycles. The molecular formula is C18H21N. The van der Waals surface area contributed by atoms with Crippen LogP contribution in [0.15, 0.2) is 54.6 Å². The van der Waals surface area contributed by atoms with E-state index in [2.05, 4.69) is 19.9 Å². The number of nitrogens with zero attached hydrogens (tertiary/aromatic N) is 1. The fraction of sp³-hybridized carbons (Fsp3) is 0.278. The van der Waals surface area contributed by atoms with Crippen molar-refractivity contribution in [3.63, 3.8) is 0 Å². The molecule has 0 aliphatic rings. The molecule has 98 valence electrons. The summed E-state index contributed by atoms with van der Waals surface area (Å²) in [5, 5.41) is 8.93. The van der Waals surface area contributed by atoms with Crippen LogP contribution in [0.3, 0.4) is 0 Å². The molecule has 0 spiro atoms. The Balaban J connectivity index is 0.000000312. The second-order valence-electron chi connectivity index (χ2n) is 4.38. The lowest BCUT2D eigenvalue weighted by Crippen LogP contribution is -1.82. The zero-order valence-corrected chi connectivity index (χ0v) is 11.8. The Hall–Kier alpha value is -2.07. The maximum absolute atomic E-state index is 8.93. The van der Waals surface area contributed by atoms with Gasteiger partial charge in [-0.05, 0) is 17.2 Å². The molecule has 0 fully saturated rings. The summed E-state index contributed by atoms with van der Waals surface area (Å²) in [7, 11) is 0. The summed E-state index contributed by atoms with van der Waals surface area (Å²) in [5.74, 6) is 0. The van der Waals surface area contributed by atoms with Crippen LogP contribution in [0, 0.1) is 11.3 Å². The van der Waals surface area contributed by atoms with Gasteiger partial charge in [0.25, 0.3) is 0 Å². The van der Waals surface area contributed by atoms with Crippen LogP contribution in [0.1, 0.15) is 38.7 Å². The van der Waals surface area contributed by atoms with E-state index in [-0.39, 0.29) is 0 Å². The van der Waals surface area contributed by atoms with E-state index in [1.54, 1.807) is 0 Å². The topological polar surface area (TPSA) is 23.8 Å². The standard InChI is InChI=1S/C13H9N.C5H12/c14-10-12-8-4-5-9-13(12)11-6-2-1-3-7-11;1-3-5-4-2/h1-9H;3-5H2,1-2H3. The Kier molecular flexibility index (Phi) is 7.05. The molecule has 0 bridgehead atoms. The van der Waals surface area contributed by atoms with Crippen LogP contribution >= 0.6 is 0 Å². The summed E-state index contributed by atoms with van der Waals surface area (Å²) in [6.07, 6.45) is 4.08. The van der Waals surface area contributed by atoms with Gasteiger partial charge in [0.05, 0.1) is 11.6 Å². The molecule has 0 amide bonds. The van der Waals surface area contributed by atoms with E-state index in [9.17, 15) is 0 Å². The molecule has 0 aromatic heterocycles. The summed E-state index contributed by atoms with van der Waals surface area (Å²) >= 11 is 0. The second kappa shape index (κ2) is 8.94. The van der Waals surface area contributed by atoms with Gasteiger partial charge < -0.3 is 0 Å². The molecule has 0 N–H and O–H groups in total. The number of unbranched alkanes of at least 4 members (excludes halogenated alkanes) is 2. The van der Waals surface area contributed by atoms with Crippen LogP contribution in [-0.4, -0.2) is 0 Å². The molecule has 0 aliphatic carbocycles. The van der Waals surface area contributed by atoms with E-state index in [1.807, 2.05) is 54.6 Å². The van der Waals surface area contributed by atoms with Gasteiger partial charge in [0.1, 0.15) is 0 Å². The highest BCUT2D eigenvalue weighted by atomic mass is 14.2. The third kappa shape index (κ3) is 4.97. The van der Waals surface area contributed by atoms with Gasteiger partial charge in [-0.15, -0.1) is 0 Å². The lowest BCUT2D eigenvalue weighted by molar-refractivity contribution is 0.772. The van der Waals surface area contributed by atoms with E-state index >= 15 is 0 Å². The first-order chi connectivity index (χ1) is 9.33. The van der Waals surface area contributed by atoms with Crippen LogP contribution in [0.4, 0.5) is 0 Å². The minimum Gasteiger partial charge on any atom is -0.192 e. The Morgan fingerprint density at radius 2 is 1.42 bits per heavy atom. The summed E-state index contributed by atoms with van der Waals surface area (Å²) in [6, 6.07) is 19.8. The van der Waals surface area contributed by atoms with Crippen LogP contribution in [0.25, 0.3) is 11.1 Å². The van der Waals surface area contributed by atoms with Crippen molar-refractivity contribution < 1.29 is 0 Å². The quantitative estimate of drug-likeness (QED) is 0.714. The number of hydrogen-bond acceptors (Lipinski definition) is 1. The predicted molar refractivity (Wildman–Crippen MR) is 81.8 cm³/mol.